The molecule has 2 amide bonds. The zero-order valence-corrected chi connectivity index (χ0v) is 17.1. The van der Waals surface area contributed by atoms with Gasteiger partial charge in [0.15, 0.2) is 0 Å². The molecule has 2 unspecified atom stereocenters. The predicted molar refractivity (Wildman–Crippen MR) is 109 cm³/mol. The Bertz CT molecular complexity index is 574. The van der Waals surface area contributed by atoms with Crippen LogP contribution < -0.4 is 20.7 Å². The third-order valence-electron chi connectivity index (χ3n) is 4.57. The first-order chi connectivity index (χ1) is 12.6. The third-order valence-corrected chi connectivity index (χ3v) is 4.57. The number of ether oxygens (including phenoxy) is 1. The van der Waals surface area contributed by atoms with Crippen LogP contribution in [0, 0.1) is 0 Å². The molecule has 7 heteroatoms. The summed E-state index contributed by atoms with van der Waals surface area (Å²) in [5.41, 5.74) is 1.04. The van der Waals surface area contributed by atoms with Crippen molar-refractivity contribution in [1.29, 1.82) is 0 Å². The molecule has 1 aliphatic rings. The van der Waals surface area contributed by atoms with E-state index in [2.05, 4.69) is 16.0 Å². The molecule has 0 saturated carbocycles. The van der Waals surface area contributed by atoms with E-state index in [1.165, 1.54) is 0 Å². The van der Waals surface area contributed by atoms with E-state index in [-0.39, 0.29) is 30.3 Å². The van der Waals surface area contributed by atoms with Gasteiger partial charge in [-0.1, -0.05) is 12.1 Å². The Morgan fingerprint density at radius 1 is 1.26 bits per heavy atom. The van der Waals surface area contributed by atoms with Gasteiger partial charge in [0.25, 0.3) is 0 Å². The van der Waals surface area contributed by atoms with E-state index < -0.39 is 0 Å². The van der Waals surface area contributed by atoms with Gasteiger partial charge in [-0.25, -0.2) is 0 Å². The zero-order chi connectivity index (χ0) is 18.8. The molecule has 152 valence electrons. The van der Waals surface area contributed by atoms with E-state index >= 15 is 0 Å². The number of carbonyl (C=O) groups is 2. The molecular formula is C20H32ClN3O3. The Morgan fingerprint density at radius 3 is 2.63 bits per heavy atom. The Hall–Kier alpha value is -1.79. The number of carbonyl (C=O) groups excluding carboxylic acids is 2. The highest BCUT2D eigenvalue weighted by Gasteiger charge is 2.17. The minimum absolute atomic E-state index is 0. The predicted octanol–water partition coefficient (Wildman–Crippen LogP) is 2.72. The smallest absolute Gasteiger partial charge is 0.221 e. The van der Waals surface area contributed by atoms with Gasteiger partial charge < -0.3 is 20.7 Å². The summed E-state index contributed by atoms with van der Waals surface area (Å²) in [6.07, 6.45) is 3.79. The Kier molecular flexibility index (Phi) is 10.8. The van der Waals surface area contributed by atoms with E-state index in [0.29, 0.717) is 38.5 Å². The van der Waals surface area contributed by atoms with Crippen LogP contribution in [-0.2, 0) is 9.59 Å². The molecule has 1 aromatic rings. The van der Waals surface area contributed by atoms with Gasteiger partial charge in [0.2, 0.25) is 11.8 Å². The molecule has 1 aliphatic heterocycles. The second-order valence-corrected chi connectivity index (χ2v) is 6.74. The number of hydrogen-bond acceptors (Lipinski definition) is 4. The summed E-state index contributed by atoms with van der Waals surface area (Å²) in [7, 11) is 0. The quantitative estimate of drug-likeness (QED) is 0.530. The van der Waals surface area contributed by atoms with Gasteiger partial charge in [-0.3, -0.25) is 9.59 Å². The summed E-state index contributed by atoms with van der Waals surface area (Å²) in [6.45, 7) is 6.09. The maximum Gasteiger partial charge on any atom is 0.221 e. The maximum atomic E-state index is 12.1. The first-order valence-electron chi connectivity index (χ1n) is 9.60. The van der Waals surface area contributed by atoms with E-state index in [1.807, 2.05) is 38.1 Å². The molecule has 0 bridgehead atoms. The summed E-state index contributed by atoms with van der Waals surface area (Å²) in [5, 5.41) is 9.20. The van der Waals surface area contributed by atoms with Crippen LogP contribution in [0.25, 0.3) is 0 Å². The van der Waals surface area contributed by atoms with Gasteiger partial charge in [0, 0.05) is 25.4 Å². The van der Waals surface area contributed by atoms with Crippen molar-refractivity contribution in [2.45, 2.75) is 58.0 Å². The van der Waals surface area contributed by atoms with Crippen molar-refractivity contribution in [3.8, 4) is 5.75 Å². The zero-order valence-electron chi connectivity index (χ0n) is 16.3. The van der Waals surface area contributed by atoms with E-state index in [4.69, 9.17) is 4.74 Å². The highest BCUT2D eigenvalue weighted by Crippen LogP contribution is 2.17. The Labute approximate surface area is 168 Å². The lowest BCUT2D eigenvalue weighted by Gasteiger charge is -2.15. The number of hydrogen-bond donors (Lipinski definition) is 3. The highest BCUT2D eigenvalue weighted by atomic mass is 35.5. The van der Waals surface area contributed by atoms with E-state index in [1.54, 1.807) is 0 Å². The lowest BCUT2D eigenvalue weighted by molar-refractivity contribution is -0.123. The van der Waals surface area contributed by atoms with Crippen molar-refractivity contribution in [2.75, 3.05) is 19.7 Å². The maximum absolute atomic E-state index is 12.1. The molecule has 6 nitrogen and oxygen atoms in total. The van der Waals surface area contributed by atoms with Crippen LogP contribution in [0.3, 0.4) is 0 Å². The number of amides is 2. The number of halogens is 1. The minimum atomic E-state index is -0.0544. The van der Waals surface area contributed by atoms with Gasteiger partial charge in [-0.2, -0.15) is 0 Å². The van der Waals surface area contributed by atoms with Crippen LogP contribution in [0.5, 0.6) is 5.75 Å². The standard InChI is InChI=1S/C20H31N3O3.ClH/c1-3-26-18-10-8-16(9-11-18)15(2)23-19(24)7-5-13-22-20(25)14-17-6-4-12-21-17;/h8-11,15,17,21H,3-7,12-14H2,1-2H3,(H,22,25)(H,23,24);1H. The second kappa shape index (κ2) is 12.6. The molecule has 0 aromatic heterocycles. The van der Waals surface area contributed by atoms with Crippen molar-refractivity contribution < 1.29 is 14.3 Å². The van der Waals surface area contributed by atoms with Crippen LogP contribution in [-0.4, -0.2) is 37.6 Å². The van der Waals surface area contributed by atoms with Crippen molar-refractivity contribution in [3.05, 3.63) is 29.8 Å². The fourth-order valence-electron chi connectivity index (χ4n) is 3.12. The lowest BCUT2D eigenvalue weighted by atomic mass is 10.1. The molecule has 1 heterocycles. The molecule has 27 heavy (non-hydrogen) atoms. The molecule has 2 rings (SSSR count). The summed E-state index contributed by atoms with van der Waals surface area (Å²) in [6, 6.07) is 8.02. The van der Waals surface area contributed by atoms with Gasteiger partial charge in [-0.05, 0) is 57.4 Å². The van der Waals surface area contributed by atoms with Crippen molar-refractivity contribution >= 4 is 24.2 Å². The van der Waals surface area contributed by atoms with Crippen molar-refractivity contribution in [1.82, 2.24) is 16.0 Å². The van der Waals surface area contributed by atoms with Gasteiger partial charge >= 0.3 is 0 Å². The first-order valence-corrected chi connectivity index (χ1v) is 9.60. The number of rotatable bonds is 10. The first kappa shape index (κ1) is 23.2. The van der Waals surface area contributed by atoms with Gasteiger partial charge in [0.1, 0.15) is 5.75 Å². The minimum Gasteiger partial charge on any atom is -0.494 e. The normalized spacial score (nSPS) is 16.9. The molecule has 1 aromatic carbocycles. The number of nitrogens with one attached hydrogen (secondary N) is 3. The van der Waals surface area contributed by atoms with Crippen LogP contribution >= 0.6 is 12.4 Å². The fourth-order valence-corrected chi connectivity index (χ4v) is 3.12. The molecule has 1 saturated heterocycles. The molecule has 0 spiro atoms. The monoisotopic (exact) mass is 397 g/mol. The molecule has 3 N–H and O–H groups in total. The molecule has 1 fully saturated rings. The summed E-state index contributed by atoms with van der Waals surface area (Å²) in [5.74, 6) is 0.893. The van der Waals surface area contributed by atoms with Crippen LogP contribution in [0.1, 0.15) is 57.6 Å². The highest BCUT2D eigenvalue weighted by molar-refractivity contribution is 5.85. The summed E-state index contributed by atoms with van der Waals surface area (Å²) < 4.78 is 5.42. The summed E-state index contributed by atoms with van der Waals surface area (Å²) in [4.78, 5) is 23.9. The molecule has 0 aliphatic carbocycles. The average Bonchev–Trinajstić information content (AvgIpc) is 3.12. The number of benzene rings is 1. The van der Waals surface area contributed by atoms with Crippen LogP contribution in [0.15, 0.2) is 24.3 Å². The molecule has 0 radical (unpaired) electrons. The SMILES string of the molecule is CCOc1ccc(C(C)NC(=O)CCCNC(=O)CC2CCCN2)cc1.Cl. The Balaban J connectivity index is 0.00000364. The van der Waals surface area contributed by atoms with Gasteiger partial charge in [0.05, 0.1) is 12.6 Å². The second-order valence-electron chi connectivity index (χ2n) is 6.74. The van der Waals surface area contributed by atoms with Gasteiger partial charge in [-0.15, -0.1) is 12.4 Å². The average molecular weight is 398 g/mol. The largest absolute Gasteiger partial charge is 0.494 e. The van der Waals surface area contributed by atoms with E-state index in [9.17, 15) is 9.59 Å². The van der Waals surface area contributed by atoms with Crippen molar-refractivity contribution in [3.63, 3.8) is 0 Å². The van der Waals surface area contributed by atoms with Crippen LogP contribution in [0.2, 0.25) is 0 Å². The fraction of sp³-hybridized carbons (Fsp3) is 0.600. The Morgan fingerprint density at radius 2 is 2.00 bits per heavy atom. The lowest BCUT2D eigenvalue weighted by Crippen LogP contribution is -2.33. The topological polar surface area (TPSA) is 79.5 Å². The van der Waals surface area contributed by atoms with Crippen LogP contribution in [0.4, 0.5) is 0 Å². The molecular weight excluding hydrogens is 366 g/mol. The van der Waals surface area contributed by atoms with Crippen molar-refractivity contribution in [2.24, 2.45) is 0 Å². The van der Waals surface area contributed by atoms with E-state index in [0.717, 1.165) is 30.7 Å². The third kappa shape index (κ3) is 8.63. The summed E-state index contributed by atoms with van der Waals surface area (Å²) >= 11 is 0. The molecule has 2 atom stereocenters.